The fourth-order valence-electron chi connectivity index (χ4n) is 5.07. The number of hydrogen-bond donors (Lipinski definition) is 1. The Bertz CT molecular complexity index is 1410. The largest absolute Gasteiger partial charge is 0.493 e. The molecule has 0 unspecified atom stereocenters. The van der Waals surface area contributed by atoms with Crippen molar-refractivity contribution in [2.24, 2.45) is 0 Å². The fourth-order valence-corrected chi connectivity index (χ4v) is 5.07. The SMILES string of the molecule is COc1cc(Cc2c(C)[nH]c3c(N4CCCCC4)c(-c4ccccc4)nn3c2=O)cc(OC)c1OC. The van der Waals surface area contributed by atoms with Gasteiger partial charge in [-0.25, -0.2) is 0 Å². The van der Waals surface area contributed by atoms with Crippen LogP contribution >= 0.6 is 0 Å². The molecule has 1 fully saturated rings. The normalized spacial score (nSPS) is 13.7. The molecule has 1 saturated heterocycles. The van der Waals surface area contributed by atoms with Crippen molar-refractivity contribution in [1.82, 2.24) is 14.6 Å². The Kier molecular flexibility index (Phi) is 6.59. The number of nitrogens with zero attached hydrogens (tertiary/aromatic N) is 3. The van der Waals surface area contributed by atoms with E-state index in [4.69, 9.17) is 19.3 Å². The Hall–Kier alpha value is -3.94. The summed E-state index contributed by atoms with van der Waals surface area (Å²) >= 11 is 0. The third-order valence-electron chi connectivity index (χ3n) is 6.89. The van der Waals surface area contributed by atoms with Crippen molar-refractivity contribution in [3.63, 3.8) is 0 Å². The lowest BCUT2D eigenvalue weighted by molar-refractivity contribution is 0.324. The second-order valence-electron chi connectivity index (χ2n) is 9.12. The Morgan fingerprint density at radius 3 is 2.22 bits per heavy atom. The van der Waals surface area contributed by atoms with E-state index in [2.05, 4.69) is 9.88 Å². The lowest BCUT2D eigenvalue weighted by atomic mass is 10.0. The van der Waals surface area contributed by atoms with Crippen LogP contribution in [-0.2, 0) is 6.42 Å². The second kappa shape index (κ2) is 9.97. The molecule has 0 bridgehead atoms. The number of H-pyrrole nitrogens is 1. The van der Waals surface area contributed by atoms with E-state index >= 15 is 0 Å². The third-order valence-corrected chi connectivity index (χ3v) is 6.89. The van der Waals surface area contributed by atoms with E-state index < -0.39 is 0 Å². The molecule has 5 rings (SSSR count). The number of hydrogen-bond acceptors (Lipinski definition) is 6. The van der Waals surface area contributed by atoms with Crippen LogP contribution in [0.1, 0.15) is 36.1 Å². The van der Waals surface area contributed by atoms with E-state index in [1.165, 1.54) is 10.9 Å². The summed E-state index contributed by atoms with van der Waals surface area (Å²) in [6.07, 6.45) is 3.89. The van der Waals surface area contributed by atoms with Crippen LogP contribution in [0.15, 0.2) is 47.3 Å². The minimum Gasteiger partial charge on any atom is -0.493 e. The van der Waals surface area contributed by atoms with Crippen LogP contribution in [0.2, 0.25) is 0 Å². The van der Waals surface area contributed by atoms with Gasteiger partial charge in [-0.2, -0.15) is 9.61 Å². The van der Waals surface area contributed by atoms with E-state index in [1.807, 2.05) is 49.4 Å². The summed E-state index contributed by atoms with van der Waals surface area (Å²) in [5.41, 5.74) is 5.78. The highest BCUT2D eigenvalue weighted by Gasteiger charge is 2.25. The van der Waals surface area contributed by atoms with Gasteiger partial charge in [0.15, 0.2) is 17.1 Å². The van der Waals surface area contributed by atoms with Crippen molar-refractivity contribution in [3.05, 3.63) is 69.6 Å². The van der Waals surface area contributed by atoms with E-state index in [0.717, 1.165) is 59.8 Å². The van der Waals surface area contributed by atoms with Gasteiger partial charge in [0, 0.05) is 36.3 Å². The van der Waals surface area contributed by atoms with Gasteiger partial charge < -0.3 is 24.1 Å². The first-order chi connectivity index (χ1) is 17.5. The van der Waals surface area contributed by atoms with Gasteiger partial charge in [-0.05, 0) is 43.9 Å². The molecule has 2 aromatic carbocycles. The number of methoxy groups -OCH3 is 3. The van der Waals surface area contributed by atoms with Gasteiger partial charge in [0.1, 0.15) is 11.4 Å². The zero-order chi connectivity index (χ0) is 25.2. The Balaban J connectivity index is 1.66. The molecule has 8 nitrogen and oxygen atoms in total. The second-order valence-corrected chi connectivity index (χ2v) is 9.12. The zero-order valence-electron chi connectivity index (χ0n) is 21.3. The molecular weight excluding hydrogens is 456 g/mol. The maximum absolute atomic E-state index is 13.8. The highest BCUT2D eigenvalue weighted by atomic mass is 16.5. The average Bonchev–Trinajstić information content (AvgIpc) is 3.30. The summed E-state index contributed by atoms with van der Waals surface area (Å²) in [4.78, 5) is 19.7. The quantitative estimate of drug-likeness (QED) is 0.409. The van der Waals surface area contributed by atoms with Gasteiger partial charge in [-0.1, -0.05) is 30.3 Å². The van der Waals surface area contributed by atoms with Crippen LogP contribution in [0.25, 0.3) is 16.9 Å². The predicted octanol–water partition coefficient (Wildman–Crippen LogP) is 4.60. The minimum atomic E-state index is -0.129. The van der Waals surface area contributed by atoms with Crippen LogP contribution in [0, 0.1) is 6.92 Å². The maximum Gasteiger partial charge on any atom is 0.278 e. The lowest BCUT2D eigenvalue weighted by Gasteiger charge is -2.28. The van der Waals surface area contributed by atoms with Gasteiger partial charge >= 0.3 is 0 Å². The Morgan fingerprint density at radius 1 is 0.944 bits per heavy atom. The van der Waals surface area contributed by atoms with Crippen LogP contribution in [0.3, 0.4) is 0 Å². The fraction of sp³-hybridized carbons (Fsp3) is 0.357. The van der Waals surface area contributed by atoms with Gasteiger partial charge in [0.25, 0.3) is 5.56 Å². The number of ether oxygens (including phenoxy) is 3. The first-order valence-corrected chi connectivity index (χ1v) is 12.3. The van der Waals surface area contributed by atoms with Crippen molar-refractivity contribution in [2.75, 3.05) is 39.3 Å². The first-order valence-electron chi connectivity index (χ1n) is 12.3. The van der Waals surface area contributed by atoms with Crippen LogP contribution < -0.4 is 24.7 Å². The molecule has 0 amide bonds. The molecule has 0 atom stereocenters. The van der Waals surface area contributed by atoms with E-state index in [0.29, 0.717) is 29.2 Å². The van der Waals surface area contributed by atoms with Crippen molar-refractivity contribution in [1.29, 1.82) is 0 Å². The van der Waals surface area contributed by atoms with Crippen LogP contribution in [-0.4, -0.2) is 49.0 Å². The number of rotatable bonds is 7. The highest BCUT2D eigenvalue weighted by Crippen LogP contribution is 2.39. The van der Waals surface area contributed by atoms with Crippen molar-refractivity contribution in [3.8, 4) is 28.5 Å². The molecule has 188 valence electrons. The summed E-state index contributed by atoms with van der Waals surface area (Å²) in [7, 11) is 4.75. The summed E-state index contributed by atoms with van der Waals surface area (Å²) < 4.78 is 18.0. The molecule has 36 heavy (non-hydrogen) atoms. The molecule has 3 heterocycles. The van der Waals surface area contributed by atoms with E-state index in [9.17, 15) is 4.79 Å². The maximum atomic E-state index is 13.8. The molecule has 0 saturated carbocycles. The molecule has 0 spiro atoms. The smallest absolute Gasteiger partial charge is 0.278 e. The average molecular weight is 489 g/mol. The summed E-state index contributed by atoms with van der Waals surface area (Å²) in [5.74, 6) is 1.63. The highest BCUT2D eigenvalue weighted by molar-refractivity contribution is 5.86. The molecule has 4 aromatic rings. The molecule has 1 aliphatic heterocycles. The molecule has 1 N–H and O–H groups in total. The van der Waals surface area contributed by atoms with Gasteiger partial charge in [0.05, 0.1) is 21.3 Å². The number of piperidine rings is 1. The minimum absolute atomic E-state index is 0.129. The van der Waals surface area contributed by atoms with Crippen LogP contribution in [0.5, 0.6) is 17.2 Å². The lowest BCUT2D eigenvalue weighted by Crippen LogP contribution is -2.30. The summed E-state index contributed by atoms with van der Waals surface area (Å²) in [6.45, 7) is 3.86. The standard InChI is InChI=1S/C28H32N4O4/c1-18-21(15-19-16-22(34-2)26(36-4)23(17-19)35-3)28(33)32-27(29-18)25(31-13-9-6-10-14-31)24(30-32)20-11-7-5-8-12-20/h5,7-8,11-12,16-17,29H,6,9-10,13-15H2,1-4H3. The topological polar surface area (TPSA) is 81.1 Å². The van der Waals surface area contributed by atoms with Gasteiger partial charge in [-0.15, -0.1) is 0 Å². The predicted molar refractivity (Wildman–Crippen MR) is 141 cm³/mol. The van der Waals surface area contributed by atoms with Crippen molar-refractivity contribution < 1.29 is 14.2 Å². The Labute approximate surface area is 210 Å². The molecule has 1 aliphatic rings. The molecule has 0 aliphatic carbocycles. The number of nitrogens with one attached hydrogen (secondary N) is 1. The molecule has 0 radical (unpaired) electrons. The number of anilines is 1. The Morgan fingerprint density at radius 2 is 1.61 bits per heavy atom. The molecule has 8 heteroatoms. The number of aryl methyl sites for hydroxylation is 1. The van der Waals surface area contributed by atoms with Gasteiger partial charge in [-0.3, -0.25) is 4.79 Å². The monoisotopic (exact) mass is 488 g/mol. The van der Waals surface area contributed by atoms with Crippen molar-refractivity contribution >= 4 is 11.3 Å². The number of aromatic amines is 1. The number of benzene rings is 2. The number of aromatic nitrogens is 3. The number of fused-ring (bicyclic) bond motifs is 1. The molecule has 2 aromatic heterocycles. The molecular formula is C28H32N4O4. The summed E-state index contributed by atoms with van der Waals surface area (Å²) in [5, 5.41) is 4.86. The van der Waals surface area contributed by atoms with E-state index in [-0.39, 0.29) is 5.56 Å². The van der Waals surface area contributed by atoms with Gasteiger partial charge in [0.2, 0.25) is 5.75 Å². The van der Waals surface area contributed by atoms with Crippen LogP contribution in [0.4, 0.5) is 5.69 Å². The summed E-state index contributed by atoms with van der Waals surface area (Å²) in [6, 6.07) is 13.8. The first kappa shape index (κ1) is 23.8. The zero-order valence-corrected chi connectivity index (χ0v) is 21.3. The van der Waals surface area contributed by atoms with Crippen molar-refractivity contribution in [2.45, 2.75) is 32.6 Å². The van der Waals surface area contributed by atoms with E-state index in [1.54, 1.807) is 21.3 Å². The third kappa shape index (κ3) is 4.17.